The molecule has 4 N–H and O–H groups in total. The van der Waals surface area contributed by atoms with Crippen molar-refractivity contribution in [2.24, 2.45) is 0 Å². The van der Waals surface area contributed by atoms with Gasteiger partial charge < -0.3 is 30.1 Å². The minimum absolute atomic E-state index is 0.0395. The molecule has 0 unspecified atom stereocenters. The molecule has 8 heteroatoms. The van der Waals surface area contributed by atoms with Crippen LogP contribution in [0.3, 0.4) is 0 Å². The lowest BCUT2D eigenvalue weighted by atomic mass is 10.2. The van der Waals surface area contributed by atoms with Gasteiger partial charge in [0.2, 0.25) is 0 Å². The molecule has 1 amide bonds. The molecular weight excluding hydrogens is 364 g/mol. The van der Waals surface area contributed by atoms with E-state index in [2.05, 4.69) is 0 Å². The summed E-state index contributed by atoms with van der Waals surface area (Å²) >= 11 is 0. The Morgan fingerprint density at radius 2 is 1.39 bits per heavy atom. The van der Waals surface area contributed by atoms with E-state index < -0.39 is 6.09 Å². The summed E-state index contributed by atoms with van der Waals surface area (Å²) in [6.45, 7) is 0.972. The van der Waals surface area contributed by atoms with Gasteiger partial charge in [0.05, 0.1) is 13.1 Å². The molecular formula is C20H26N2O6. The average Bonchev–Trinajstić information content (AvgIpc) is 2.69. The van der Waals surface area contributed by atoms with Crippen molar-refractivity contribution in [2.75, 3.05) is 26.7 Å². The predicted octanol–water partition coefficient (Wildman–Crippen LogP) is 1.89. The number of para-hydroxylation sites is 2. The topological polar surface area (TPSA) is 122 Å². The van der Waals surface area contributed by atoms with Crippen molar-refractivity contribution in [3.63, 3.8) is 0 Å². The number of aliphatic hydroxyl groups is 1. The van der Waals surface area contributed by atoms with E-state index in [-0.39, 0.29) is 31.1 Å². The van der Waals surface area contributed by atoms with Crippen molar-refractivity contribution >= 4 is 12.4 Å². The van der Waals surface area contributed by atoms with Crippen LogP contribution in [0.1, 0.15) is 11.1 Å². The number of aldehydes is 1. The largest absolute Gasteiger partial charge is 0.508 e. The number of aliphatic hydroxyl groups excluding tert-OH is 1. The van der Waals surface area contributed by atoms with Gasteiger partial charge in [0.1, 0.15) is 17.8 Å². The number of hydrogen-bond donors (Lipinski definition) is 4. The molecule has 2 aromatic carbocycles. The number of nitrogens with zero attached hydrogens (tertiary/aromatic N) is 2. The molecule has 0 heterocycles. The van der Waals surface area contributed by atoms with Crippen LogP contribution in [0, 0.1) is 0 Å². The van der Waals surface area contributed by atoms with Crippen molar-refractivity contribution < 1.29 is 30.0 Å². The zero-order valence-corrected chi connectivity index (χ0v) is 15.7. The van der Waals surface area contributed by atoms with Crippen LogP contribution in [-0.4, -0.2) is 69.3 Å². The second-order valence-corrected chi connectivity index (χ2v) is 5.86. The molecule has 8 nitrogen and oxygen atoms in total. The van der Waals surface area contributed by atoms with Crippen LogP contribution in [0.5, 0.6) is 11.5 Å². The summed E-state index contributed by atoms with van der Waals surface area (Å²) in [5, 5.41) is 36.1. The summed E-state index contributed by atoms with van der Waals surface area (Å²) in [6, 6.07) is 13.4. The van der Waals surface area contributed by atoms with Gasteiger partial charge in [-0.2, -0.15) is 0 Å². The van der Waals surface area contributed by atoms with E-state index in [1.54, 1.807) is 47.4 Å². The quantitative estimate of drug-likeness (QED) is 0.482. The highest BCUT2D eigenvalue weighted by Crippen LogP contribution is 2.19. The van der Waals surface area contributed by atoms with E-state index >= 15 is 0 Å². The van der Waals surface area contributed by atoms with Crippen molar-refractivity contribution in [3.05, 3.63) is 59.7 Å². The normalized spacial score (nSPS) is 10.1. The molecule has 0 bridgehead atoms. The monoisotopic (exact) mass is 390 g/mol. The third-order valence-corrected chi connectivity index (χ3v) is 4.03. The maximum Gasteiger partial charge on any atom is 0.407 e. The molecule has 2 aromatic rings. The zero-order valence-electron chi connectivity index (χ0n) is 15.7. The highest BCUT2D eigenvalue weighted by molar-refractivity contribution is 5.65. The summed E-state index contributed by atoms with van der Waals surface area (Å²) < 4.78 is 0. The minimum Gasteiger partial charge on any atom is -0.508 e. The highest BCUT2D eigenvalue weighted by Gasteiger charge is 2.16. The lowest BCUT2D eigenvalue weighted by Gasteiger charge is -2.25. The maximum atomic E-state index is 11.5. The van der Waals surface area contributed by atoms with Crippen molar-refractivity contribution in [1.29, 1.82) is 0 Å². The number of rotatable bonds is 9. The molecule has 0 aromatic heterocycles. The Morgan fingerprint density at radius 3 is 1.86 bits per heavy atom. The van der Waals surface area contributed by atoms with Gasteiger partial charge in [0, 0.05) is 37.9 Å². The number of hydrogen-bond acceptors (Lipinski definition) is 6. The van der Waals surface area contributed by atoms with Crippen molar-refractivity contribution in [2.45, 2.75) is 13.1 Å². The first-order valence-corrected chi connectivity index (χ1v) is 8.63. The van der Waals surface area contributed by atoms with Gasteiger partial charge >= 0.3 is 6.09 Å². The molecule has 0 fully saturated rings. The van der Waals surface area contributed by atoms with Crippen molar-refractivity contribution in [3.8, 4) is 11.5 Å². The van der Waals surface area contributed by atoms with E-state index in [0.717, 1.165) is 13.4 Å². The molecule has 0 radical (unpaired) electrons. The van der Waals surface area contributed by atoms with E-state index in [1.807, 2.05) is 0 Å². The molecule has 2 rings (SSSR count). The van der Waals surface area contributed by atoms with Crippen molar-refractivity contribution in [1.82, 2.24) is 9.80 Å². The van der Waals surface area contributed by atoms with Gasteiger partial charge in [-0.3, -0.25) is 4.90 Å². The van der Waals surface area contributed by atoms with Crippen LogP contribution < -0.4 is 0 Å². The first-order valence-electron chi connectivity index (χ1n) is 8.63. The number of amides is 1. The number of phenolic OH excluding ortho intramolecular Hbond substituents is 2. The fourth-order valence-electron chi connectivity index (χ4n) is 2.58. The smallest absolute Gasteiger partial charge is 0.407 e. The number of carbonyl (C=O) groups is 2. The zero-order chi connectivity index (χ0) is 20.9. The summed E-state index contributed by atoms with van der Waals surface area (Å²) in [6.07, 6.45) is -0.365. The number of carboxylic acid groups (broad SMARTS) is 1. The third kappa shape index (κ3) is 7.26. The predicted molar refractivity (Wildman–Crippen MR) is 104 cm³/mol. The van der Waals surface area contributed by atoms with Gasteiger partial charge in [-0.15, -0.1) is 0 Å². The summed E-state index contributed by atoms with van der Waals surface area (Å²) in [4.78, 5) is 25.4. The van der Waals surface area contributed by atoms with E-state index in [9.17, 15) is 24.9 Å². The Kier molecular flexibility index (Phi) is 10.1. The molecule has 28 heavy (non-hydrogen) atoms. The van der Waals surface area contributed by atoms with E-state index in [4.69, 9.17) is 5.11 Å². The van der Waals surface area contributed by atoms with Gasteiger partial charge in [0.15, 0.2) is 0 Å². The molecule has 0 saturated heterocycles. The van der Waals surface area contributed by atoms with E-state index in [0.29, 0.717) is 24.2 Å². The highest BCUT2D eigenvalue weighted by atomic mass is 16.4. The molecule has 0 spiro atoms. The first kappa shape index (κ1) is 22.9. The fraction of sp³-hybridized carbons (Fsp3) is 0.300. The minimum atomic E-state index is -1.11. The van der Waals surface area contributed by atoms with Crippen LogP contribution in [0.4, 0.5) is 4.79 Å². The fourth-order valence-corrected chi connectivity index (χ4v) is 2.58. The molecule has 0 saturated carbocycles. The van der Waals surface area contributed by atoms with Gasteiger partial charge in [-0.25, -0.2) is 4.79 Å². The summed E-state index contributed by atoms with van der Waals surface area (Å²) in [5.41, 5.74) is 1.18. The van der Waals surface area contributed by atoms with Gasteiger partial charge in [-0.05, 0) is 12.1 Å². The molecule has 0 aliphatic rings. The number of carbonyl (C=O) groups excluding carboxylic acids is 1. The second-order valence-electron chi connectivity index (χ2n) is 5.86. The average molecular weight is 390 g/mol. The molecule has 0 aliphatic heterocycles. The van der Waals surface area contributed by atoms with Gasteiger partial charge in [0.25, 0.3) is 0 Å². The lowest BCUT2D eigenvalue weighted by Crippen LogP contribution is -2.38. The Balaban J connectivity index is 0.00000190. The Hall–Kier alpha value is -3.10. The molecule has 152 valence electrons. The molecule has 0 atom stereocenters. The summed E-state index contributed by atoms with van der Waals surface area (Å²) in [7, 11) is 1.00. The number of aromatic hydroxyl groups is 2. The first-order chi connectivity index (χ1) is 13.5. The Morgan fingerprint density at radius 1 is 0.893 bits per heavy atom. The summed E-state index contributed by atoms with van der Waals surface area (Å²) in [5.74, 6) is 0.172. The standard InChI is InChI=1S/C19H22N2O5.CH4O/c22-12-11-20(13-15-5-1-3-7-17(15)23)9-10-21(19(25)26)14-16-6-2-4-8-18(16)24;1-2/h1-8,12,23-24H,9-11,13-14H2,(H,25,26);2H,1H3. The van der Waals surface area contributed by atoms with Crippen LogP contribution >= 0.6 is 0 Å². The Labute approximate surface area is 163 Å². The number of benzene rings is 2. The van der Waals surface area contributed by atoms with Crippen LogP contribution in [0.15, 0.2) is 48.5 Å². The van der Waals surface area contributed by atoms with Crippen LogP contribution in [0.25, 0.3) is 0 Å². The second kappa shape index (κ2) is 12.3. The number of phenols is 2. The Bertz CT molecular complexity index is 753. The van der Waals surface area contributed by atoms with Gasteiger partial charge in [-0.1, -0.05) is 36.4 Å². The maximum absolute atomic E-state index is 11.5. The lowest BCUT2D eigenvalue weighted by molar-refractivity contribution is -0.109. The van der Waals surface area contributed by atoms with E-state index in [1.165, 1.54) is 11.0 Å². The van der Waals surface area contributed by atoms with Crippen LogP contribution in [0.2, 0.25) is 0 Å². The third-order valence-electron chi connectivity index (χ3n) is 4.03. The molecule has 0 aliphatic carbocycles. The van der Waals surface area contributed by atoms with Crippen LogP contribution in [-0.2, 0) is 17.9 Å². The SMILES string of the molecule is CO.O=CCN(CCN(Cc1ccccc1O)C(=O)O)Cc1ccccc1O.